The van der Waals surface area contributed by atoms with Crippen LogP contribution in [0.2, 0.25) is 0 Å². The Labute approximate surface area is 331 Å². The van der Waals surface area contributed by atoms with Gasteiger partial charge in [0.25, 0.3) is 0 Å². The molecule has 0 N–H and O–H groups in total. The van der Waals surface area contributed by atoms with Crippen LogP contribution in [-0.4, -0.2) is 0 Å². The van der Waals surface area contributed by atoms with E-state index < -0.39 is 7.14 Å². The number of benzene rings is 9. The maximum Gasteiger partial charge on any atom is 0.171 e. The van der Waals surface area contributed by atoms with E-state index in [4.69, 9.17) is 4.42 Å². The van der Waals surface area contributed by atoms with Gasteiger partial charge in [0.15, 0.2) is 7.14 Å². The SMILES string of the molecule is CC1(C)c2ccccc2-c2cc(P(=O)(c3ccc4c(c3)-c3ccccc3C4(C)C)c3ccc4c(c3)c3ccccc3c3cc5c(cc43)oc3ccccc35)ccc21. The van der Waals surface area contributed by atoms with Crippen LogP contribution >= 0.6 is 7.14 Å². The van der Waals surface area contributed by atoms with E-state index in [9.17, 15) is 0 Å². The van der Waals surface area contributed by atoms with Gasteiger partial charge in [-0.2, -0.15) is 0 Å². The standard InChI is InChI=1S/C54H39O2P/c1-53(2)47-18-10-7-15-38(47)44-28-33(22-25-49(44)53)57(55,34-23-26-50-45(29-34)39-16-8-11-19-48(39)54(50,3)4)32-21-24-37-41(27-32)35-13-5-6-14-36(35)42-30-46-40-17-9-12-20-51(40)56-52(46)31-43(37)42/h5-31H,1-4H3. The van der Waals surface area contributed by atoms with Gasteiger partial charge in [0.2, 0.25) is 0 Å². The molecule has 0 unspecified atom stereocenters. The minimum atomic E-state index is -3.47. The zero-order chi connectivity index (χ0) is 38.4. The first-order valence-corrected chi connectivity index (χ1v) is 21.6. The van der Waals surface area contributed by atoms with Gasteiger partial charge in [-0.15, -0.1) is 0 Å². The largest absolute Gasteiger partial charge is 0.456 e. The predicted molar refractivity (Wildman–Crippen MR) is 241 cm³/mol. The smallest absolute Gasteiger partial charge is 0.171 e. The van der Waals surface area contributed by atoms with Gasteiger partial charge in [-0.05, 0) is 113 Å². The maximum absolute atomic E-state index is 16.9. The lowest BCUT2D eigenvalue weighted by Crippen LogP contribution is -2.26. The zero-order valence-electron chi connectivity index (χ0n) is 32.4. The first-order valence-electron chi connectivity index (χ1n) is 19.9. The molecule has 0 bridgehead atoms. The van der Waals surface area contributed by atoms with Crippen LogP contribution in [0.1, 0.15) is 49.9 Å². The molecule has 0 radical (unpaired) electrons. The Morgan fingerprint density at radius 2 is 0.789 bits per heavy atom. The molecule has 10 aromatic rings. The summed E-state index contributed by atoms with van der Waals surface area (Å²) in [6, 6.07) is 58.7. The van der Waals surface area contributed by atoms with Gasteiger partial charge in [0.05, 0.1) is 0 Å². The van der Waals surface area contributed by atoms with Crippen molar-refractivity contribution >= 4 is 77.3 Å². The topological polar surface area (TPSA) is 30.2 Å². The minimum absolute atomic E-state index is 0.147. The number of hydrogen-bond acceptors (Lipinski definition) is 2. The molecule has 272 valence electrons. The normalized spacial score (nSPS) is 15.0. The third-order valence-corrected chi connectivity index (χ3v) is 16.6. The van der Waals surface area contributed by atoms with Crippen LogP contribution in [0.25, 0.3) is 76.5 Å². The van der Waals surface area contributed by atoms with E-state index in [0.717, 1.165) is 59.4 Å². The summed E-state index contributed by atoms with van der Waals surface area (Å²) in [6.45, 7) is 9.20. The van der Waals surface area contributed by atoms with E-state index in [1.54, 1.807) is 0 Å². The lowest BCUT2D eigenvalue weighted by Gasteiger charge is -2.25. The van der Waals surface area contributed by atoms with Gasteiger partial charge >= 0.3 is 0 Å². The lowest BCUT2D eigenvalue weighted by atomic mass is 9.82. The third-order valence-electron chi connectivity index (χ3n) is 13.5. The number of fused-ring (bicyclic) bond motifs is 15. The minimum Gasteiger partial charge on any atom is -0.456 e. The number of hydrogen-bond donors (Lipinski definition) is 0. The van der Waals surface area contributed by atoms with Crippen LogP contribution in [0, 0.1) is 0 Å². The monoisotopic (exact) mass is 750 g/mol. The molecular formula is C54H39O2P. The predicted octanol–water partition coefficient (Wildman–Crippen LogP) is 13.3. The Hall–Kier alpha value is -6.21. The Morgan fingerprint density at radius 3 is 1.40 bits per heavy atom. The molecule has 2 aliphatic rings. The Kier molecular flexibility index (Phi) is 6.49. The summed E-state index contributed by atoms with van der Waals surface area (Å²) in [6.07, 6.45) is 0. The van der Waals surface area contributed by atoms with Crippen molar-refractivity contribution in [1.29, 1.82) is 0 Å². The lowest BCUT2D eigenvalue weighted by molar-refractivity contribution is 0.592. The molecular weight excluding hydrogens is 712 g/mol. The highest BCUT2D eigenvalue weighted by atomic mass is 31.2. The first-order chi connectivity index (χ1) is 27.6. The van der Waals surface area contributed by atoms with Crippen LogP contribution in [-0.2, 0) is 15.4 Å². The third kappa shape index (κ3) is 4.29. The number of furan rings is 1. The van der Waals surface area contributed by atoms with E-state index >= 15 is 4.57 Å². The molecule has 0 aliphatic heterocycles. The van der Waals surface area contributed by atoms with Gasteiger partial charge in [-0.1, -0.05) is 155 Å². The van der Waals surface area contributed by atoms with Crippen molar-refractivity contribution in [2.75, 3.05) is 0 Å². The molecule has 3 heteroatoms. The molecule has 0 fully saturated rings. The summed E-state index contributed by atoms with van der Waals surface area (Å²) in [7, 11) is -3.47. The molecule has 57 heavy (non-hydrogen) atoms. The molecule has 9 aromatic carbocycles. The Bertz CT molecular complexity index is 3340. The molecule has 0 saturated heterocycles. The molecule has 0 saturated carbocycles. The molecule has 1 aromatic heterocycles. The molecule has 0 spiro atoms. The Morgan fingerprint density at radius 1 is 0.351 bits per heavy atom. The Balaban J connectivity index is 1.15. The highest BCUT2D eigenvalue weighted by Gasteiger charge is 2.40. The second-order valence-corrected chi connectivity index (χ2v) is 19.9. The second kappa shape index (κ2) is 11.2. The van der Waals surface area contributed by atoms with E-state index in [-0.39, 0.29) is 10.8 Å². The number of para-hydroxylation sites is 1. The molecule has 0 atom stereocenters. The van der Waals surface area contributed by atoms with Crippen molar-refractivity contribution in [2.24, 2.45) is 0 Å². The molecule has 2 aliphatic carbocycles. The average molecular weight is 751 g/mol. The van der Waals surface area contributed by atoms with Crippen molar-refractivity contribution in [2.45, 2.75) is 38.5 Å². The van der Waals surface area contributed by atoms with Gasteiger partial charge in [0.1, 0.15) is 11.2 Å². The molecule has 0 amide bonds. The van der Waals surface area contributed by atoms with Crippen LogP contribution < -0.4 is 15.9 Å². The van der Waals surface area contributed by atoms with Crippen molar-refractivity contribution in [3.8, 4) is 22.3 Å². The van der Waals surface area contributed by atoms with Crippen molar-refractivity contribution in [3.05, 3.63) is 186 Å². The van der Waals surface area contributed by atoms with Crippen LogP contribution in [0.15, 0.2) is 168 Å². The average Bonchev–Trinajstić information content (AvgIpc) is 3.81. The summed E-state index contributed by atoms with van der Waals surface area (Å²) in [5.41, 5.74) is 11.4. The molecule has 1 heterocycles. The summed E-state index contributed by atoms with van der Waals surface area (Å²) in [4.78, 5) is 0. The quantitative estimate of drug-likeness (QED) is 0.133. The fourth-order valence-electron chi connectivity index (χ4n) is 10.6. The number of rotatable bonds is 3. The van der Waals surface area contributed by atoms with Crippen molar-refractivity contribution < 1.29 is 8.98 Å². The molecule has 2 nitrogen and oxygen atoms in total. The molecule has 12 rings (SSSR count). The van der Waals surface area contributed by atoms with E-state index in [0.29, 0.717) is 0 Å². The van der Waals surface area contributed by atoms with Crippen molar-refractivity contribution in [1.82, 2.24) is 0 Å². The second-order valence-electron chi connectivity index (χ2n) is 17.2. The van der Waals surface area contributed by atoms with Gasteiger partial charge in [-0.3, -0.25) is 0 Å². The van der Waals surface area contributed by atoms with Crippen molar-refractivity contribution in [3.63, 3.8) is 0 Å². The highest BCUT2D eigenvalue weighted by molar-refractivity contribution is 7.85. The first kappa shape index (κ1) is 33.0. The summed E-state index contributed by atoms with van der Waals surface area (Å²) < 4.78 is 23.3. The fraction of sp³-hybridized carbons (Fsp3) is 0.111. The maximum atomic E-state index is 16.9. The van der Waals surface area contributed by atoms with E-state index in [2.05, 4.69) is 179 Å². The summed E-state index contributed by atoms with van der Waals surface area (Å²) in [5, 5.41) is 11.6. The van der Waals surface area contributed by atoms with Crippen LogP contribution in [0.5, 0.6) is 0 Å². The van der Waals surface area contributed by atoms with Gasteiger partial charge in [0, 0.05) is 37.5 Å². The van der Waals surface area contributed by atoms with E-state index in [1.807, 2.05) is 12.1 Å². The highest BCUT2D eigenvalue weighted by Crippen LogP contribution is 2.54. The summed E-state index contributed by atoms with van der Waals surface area (Å²) >= 11 is 0. The summed E-state index contributed by atoms with van der Waals surface area (Å²) in [5.74, 6) is 0. The van der Waals surface area contributed by atoms with Crippen LogP contribution in [0.4, 0.5) is 0 Å². The van der Waals surface area contributed by atoms with E-state index in [1.165, 1.54) is 55.3 Å². The zero-order valence-corrected chi connectivity index (χ0v) is 33.2. The van der Waals surface area contributed by atoms with Gasteiger partial charge in [-0.25, -0.2) is 0 Å². The van der Waals surface area contributed by atoms with Crippen LogP contribution in [0.3, 0.4) is 0 Å². The van der Waals surface area contributed by atoms with Gasteiger partial charge < -0.3 is 8.98 Å². The fourth-order valence-corrected chi connectivity index (χ4v) is 13.3.